The Morgan fingerprint density at radius 1 is 1.13 bits per heavy atom. The van der Waals surface area contributed by atoms with Crippen molar-refractivity contribution in [2.75, 3.05) is 37.8 Å². The number of aliphatic hydroxyl groups is 3. The van der Waals surface area contributed by atoms with E-state index in [2.05, 4.69) is 0 Å². The molecule has 0 amide bonds. The zero-order valence-electron chi connectivity index (χ0n) is 8.41. The third-order valence-electron chi connectivity index (χ3n) is 2.54. The molecule has 15 heavy (non-hydrogen) atoms. The summed E-state index contributed by atoms with van der Waals surface area (Å²) in [5, 5.41) is 27.1. The van der Waals surface area contributed by atoms with Gasteiger partial charge in [0, 0.05) is 13.1 Å². The molecule has 0 aliphatic carbocycles. The number of sulfone groups is 1. The Morgan fingerprint density at radius 3 is 2.00 bits per heavy atom. The van der Waals surface area contributed by atoms with Crippen molar-refractivity contribution in [2.45, 2.75) is 12.1 Å². The maximum atomic E-state index is 11.3. The Balaban J connectivity index is 2.67. The van der Waals surface area contributed by atoms with E-state index in [-0.39, 0.29) is 37.8 Å². The van der Waals surface area contributed by atoms with Crippen LogP contribution >= 0.6 is 0 Å². The number of rotatable bonds is 5. The molecule has 1 heterocycles. The highest BCUT2D eigenvalue weighted by Gasteiger charge is 2.39. The van der Waals surface area contributed by atoms with Crippen LogP contribution in [0.25, 0.3) is 0 Å². The van der Waals surface area contributed by atoms with E-state index in [1.807, 2.05) is 0 Å². The van der Waals surface area contributed by atoms with Crippen LogP contribution in [0.1, 0.15) is 0 Å². The van der Waals surface area contributed by atoms with Crippen LogP contribution in [0.4, 0.5) is 0 Å². The van der Waals surface area contributed by atoms with Gasteiger partial charge in [-0.25, -0.2) is 8.42 Å². The van der Waals surface area contributed by atoms with Crippen LogP contribution < -0.4 is 0 Å². The van der Waals surface area contributed by atoms with Crippen molar-refractivity contribution >= 4 is 9.84 Å². The number of hydrogen-bond donors (Lipinski definition) is 3. The summed E-state index contributed by atoms with van der Waals surface area (Å²) in [6, 6.07) is -0.505. The van der Waals surface area contributed by atoms with Gasteiger partial charge in [0.05, 0.1) is 36.9 Å². The maximum absolute atomic E-state index is 11.3. The molecule has 1 fully saturated rings. The summed E-state index contributed by atoms with van der Waals surface area (Å²) in [7, 11) is -3.18. The predicted octanol–water partition coefficient (Wildman–Crippen LogP) is -2.57. The maximum Gasteiger partial charge on any atom is 0.154 e. The minimum absolute atomic E-state index is 0.103. The lowest BCUT2D eigenvalue weighted by molar-refractivity contribution is 0.0588. The fourth-order valence-corrected chi connectivity index (χ4v) is 3.69. The summed E-state index contributed by atoms with van der Waals surface area (Å²) in [6.45, 7) is 0.280. The molecular weight excluding hydrogens is 222 g/mol. The van der Waals surface area contributed by atoms with E-state index in [0.29, 0.717) is 0 Å². The first-order chi connectivity index (χ1) is 7.00. The largest absolute Gasteiger partial charge is 0.395 e. The normalized spacial score (nSPS) is 29.9. The highest BCUT2D eigenvalue weighted by Crippen LogP contribution is 2.17. The first-order valence-corrected chi connectivity index (χ1v) is 6.66. The summed E-state index contributed by atoms with van der Waals surface area (Å²) in [5.74, 6) is -0.334. The van der Waals surface area contributed by atoms with Gasteiger partial charge in [-0.2, -0.15) is 0 Å². The number of nitrogens with zero attached hydrogens (tertiary/aromatic N) is 1. The smallest absolute Gasteiger partial charge is 0.154 e. The van der Waals surface area contributed by atoms with Gasteiger partial charge < -0.3 is 15.3 Å². The standard InChI is InChI=1S/C8H17NO5S/c10-3-1-9(2-4-11)7-5-15(13,14)6-8(7)12/h7-8,10-12H,1-6H2/t7-,8-/m0/s1. The van der Waals surface area contributed by atoms with Crippen LogP contribution in [0, 0.1) is 0 Å². The van der Waals surface area contributed by atoms with Gasteiger partial charge in [0.15, 0.2) is 9.84 Å². The molecule has 3 N–H and O–H groups in total. The highest BCUT2D eigenvalue weighted by molar-refractivity contribution is 7.91. The van der Waals surface area contributed by atoms with Crippen molar-refractivity contribution in [3.63, 3.8) is 0 Å². The lowest BCUT2D eigenvalue weighted by Gasteiger charge is -2.28. The van der Waals surface area contributed by atoms with Gasteiger partial charge in [0.1, 0.15) is 0 Å². The van der Waals surface area contributed by atoms with Gasteiger partial charge in [-0.1, -0.05) is 0 Å². The van der Waals surface area contributed by atoms with Gasteiger partial charge in [0.2, 0.25) is 0 Å². The fraction of sp³-hybridized carbons (Fsp3) is 1.00. The molecule has 0 saturated carbocycles. The van der Waals surface area contributed by atoms with Crippen molar-refractivity contribution in [1.29, 1.82) is 0 Å². The van der Waals surface area contributed by atoms with E-state index in [1.54, 1.807) is 4.90 Å². The van der Waals surface area contributed by atoms with Crippen LogP contribution in [-0.4, -0.2) is 78.6 Å². The summed E-state index contributed by atoms with van der Waals surface area (Å²) < 4.78 is 22.5. The second-order valence-corrected chi connectivity index (χ2v) is 5.85. The van der Waals surface area contributed by atoms with Crippen LogP contribution in [0.3, 0.4) is 0 Å². The summed E-state index contributed by atoms with van der Waals surface area (Å²) in [4.78, 5) is 1.61. The Labute approximate surface area is 89.1 Å². The predicted molar refractivity (Wildman–Crippen MR) is 54.2 cm³/mol. The fourth-order valence-electron chi connectivity index (χ4n) is 1.86. The minimum atomic E-state index is -3.18. The van der Waals surface area contributed by atoms with E-state index in [0.717, 1.165) is 0 Å². The molecular formula is C8H17NO5S. The minimum Gasteiger partial charge on any atom is -0.395 e. The molecule has 90 valence electrons. The molecule has 1 aliphatic rings. The molecule has 1 saturated heterocycles. The molecule has 0 aromatic carbocycles. The van der Waals surface area contributed by atoms with Crippen LogP contribution in [-0.2, 0) is 9.84 Å². The molecule has 1 rings (SSSR count). The van der Waals surface area contributed by atoms with E-state index in [9.17, 15) is 13.5 Å². The molecule has 0 spiro atoms. The van der Waals surface area contributed by atoms with Gasteiger partial charge >= 0.3 is 0 Å². The van der Waals surface area contributed by atoms with Crippen LogP contribution in [0.15, 0.2) is 0 Å². The molecule has 0 aromatic heterocycles. The first kappa shape index (κ1) is 12.9. The zero-order valence-corrected chi connectivity index (χ0v) is 9.23. The van der Waals surface area contributed by atoms with Gasteiger partial charge in [-0.15, -0.1) is 0 Å². The summed E-state index contributed by atoms with van der Waals surface area (Å²) in [6.07, 6.45) is -0.923. The Morgan fingerprint density at radius 2 is 1.67 bits per heavy atom. The summed E-state index contributed by atoms with van der Waals surface area (Å²) >= 11 is 0. The van der Waals surface area contributed by atoms with Gasteiger partial charge in [-0.3, -0.25) is 4.90 Å². The van der Waals surface area contributed by atoms with Gasteiger partial charge in [0.25, 0.3) is 0 Å². The lowest BCUT2D eigenvalue weighted by atomic mass is 10.2. The monoisotopic (exact) mass is 239 g/mol. The summed E-state index contributed by atoms with van der Waals surface area (Å²) in [5.41, 5.74) is 0. The molecule has 0 aromatic rings. The van der Waals surface area contributed by atoms with Crippen molar-refractivity contribution in [2.24, 2.45) is 0 Å². The van der Waals surface area contributed by atoms with Crippen LogP contribution in [0.5, 0.6) is 0 Å². The molecule has 7 heteroatoms. The van der Waals surface area contributed by atoms with E-state index in [1.165, 1.54) is 0 Å². The van der Waals surface area contributed by atoms with Crippen molar-refractivity contribution < 1.29 is 23.7 Å². The number of aliphatic hydroxyl groups excluding tert-OH is 3. The van der Waals surface area contributed by atoms with Crippen molar-refractivity contribution in [3.05, 3.63) is 0 Å². The Hall–Kier alpha value is -0.210. The molecule has 0 radical (unpaired) electrons. The second kappa shape index (κ2) is 5.22. The Bertz CT molecular complexity index is 285. The zero-order chi connectivity index (χ0) is 11.5. The van der Waals surface area contributed by atoms with Crippen molar-refractivity contribution in [3.8, 4) is 0 Å². The Kier molecular flexibility index (Phi) is 4.47. The molecule has 1 aliphatic heterocycles. The lowest BCUT2D eigenvalue weighted by Crippen LogP contribution is -2.45. The highest BCUT2D eigenvalue weighted by atomic mass is 32.2. The van der Waals surface area contributed by atoms with E-state index < -0.39 is 22.0 Å². The molecule has 0 bridgehead atoms. The third-order valence-corrected chi connectivity index (χ3v) is 4.24. The molecule has 6 nitrogen and oxygen atoms in total. The molecule has 0 unspecified atom stereocenters. The van der Waals surface area contributed by atoms with Crippen LogP contribution in [0.2, 0.25) is 0 Å². The average Bonchev–Trinajstić information content (AvgIpc) is 2.39. The first-order valence-electron chi connectivity index (χ1n) is 4.84. The van der Waals surface area contributed by atoms with Gasteiger partial charge in [-0.05, 0) is 0 Å². The molecule has 2 atom stereocenters. The van der Waals surface area contributed by atoms with Crippen molar-refractivity contribution in [1.82, 2.24) is 4.90 Å². The average molecular weight is 239 g/mol. The third kappa shape index (κ3) is 3.39. The second-order valence-electron chi connectivity index (χ2n) is 3.69. The SMILES string of the molecule is O=S1(=O)C[C@H](O)[C@@H](N(CCO)CCO)C1. The number of hydrogen-bond acceptors (Lipinski definition) is 6. The quantitative estimate of drug-likeness (QED) is 0.488. The van der Waals surface area contributed by atoms with E-state index >= 15 is 0 Å². The topological polar surface area (TPSA) is 98.1 Å². The van der Waals surface area contributed by atoms with E-state index in [4.69, 9.17) is 10.2 Å².